The predicted molar refractivity (Wildman–Crippen MR) is 132 cm³/mol. The number of aromatic hydroxyl groups is 1. The summed E-state index contributed by atoms with van der Waals surface area (Å²) in [7, 11) is -2.84. The van der Waals surface area contributed by atoms with E-state index in [2.05, 4.69) is 22.5 Å². The van der Waals surface area contributed by atoms with Gasteiger partial charge in [-0.15, -0.1) is 0 Å². The summed E-state index contributed by atoms with van der Waals surface area (Å²) in [6.07, 6.45) is 4.93. The molecule has 1 fully saturated rings. The topological polar surface area (TPSA) is 132 Å². The van der Waals surface area contributed by atoms with Crippen LogP contribution in [0.1, 0.15) is 44.7 Å². The zero-order valence-electron chi connectivity index (χ0n) is 19.6. The normalized spacial score (nSPS) is 19.7. The van der Waals surface area contributed by atoms with Gasteiger partial charge < -0.3 is 20.8 Å². The van der Waals surface area contributed by atoms with Gasteiger partial charge in [0.25, 0.3) is 0 Å². The van der Waals surface area contributed by atoms with Crippen LogP contribution in [-0.2, 0) is 21.4 Å². The SMILES string of the molecule is CCC1(NC2=C(Nc3ccc(Cl)c(S(=O)(=O)N(C)Cc4ccccn4)c3O)C(O)C2=O)CCCC1. The molecule has 188 valence electrons. The lowest BCUT2D eigenvalue weighted by Gasteiger charge is -2.37. The maximum Gasteiger partial charge on any atom is 0.248 e. The Morgan fingerprint density at radius 1 is 1.23 bits per heavy atom. The van der Waals surface area contributed by atoms with Crippen LogP contribution in [0.2, 0.25) is 5.02 Å². The van der Waals surface area contributed by atoms with Crippen molar-refractivity contribution < 1.29 is 23.4 Å². The molecular formula is C24H29ClN4O5S. The third kappa shape index (κ3) is 4.75. The molecule has 1 saturated carbocycles. The van der Waals surface area contributed by atoms with Crippen LogP contribution in [0.4, 0.5) is 5.69 Å². The summed E-state index contributed by atoms with van der Waals surface area (Å²) in [6.45, 7) is 2.03. The van der Waals surface area contributed by atoms with Gasteiger partial charge in [0, 0.05) is 18.8 Å². The molecule has 35 heavy (non-hydrogen) atoms. The van der Waals surface area contributed by atoms with Crippen LogP contribution >= 0.6 is 11.6 Å². The van der Waals surface area contributed by atoms with E-state index in [1.165, 1.54) is 19.2 Å². The largest absolute Gasteiger partial charge is 0.504 e. The smallest absolute Gasteiger partial charge is 0.248 e. The monoisotopic (exact) mass is 520 g/mol. The van der Waals surface area contributed by atoms with Crippen molar-refractivity contribution in [2.75, 3.05) is 12.4 Å². The molecule has 0 bridgehead atoms. The molecular weight excluding hydrogens is 492 g/mol. The van der Waals surface area contributed by atoms with E-state index < -0.39 is 32.6 Å². The fraction of sp³-hybridized carbons (Fsp3) is 0.417. The predicted octanol–water partition coefficient (Wildman–Crippen LogP) is 3.14. The molecule has 1 heterocycles. The molecule has 1 unspecified atom stereocenters. The number of aliphatic hydroxyl groups excluding tert-OH is 1. The first-order valence-electron chi connectivity index (χ1n) is 11.5. The van der Waals surface area contributed by atoms with Gasteiger partial charge in [-0.2, -0.15) is 4.31 Å². The van der Waals surface area contributed by atoms with Gasteiger partial charge in [-0.3, -0.25) is 9.78 Å². The van der Waals surface area contributed by atoms with Gasteiger partial charge in [0.2, 0.25) is 15.8 Å². The van der Waals surface area contributed by atoms with Crippen molar-refractivity contribution in [1.82, 2.24) is 14.6 Å². The van der Waals surface area contributed by atoms with Crippen LogP contribution in [-0.4, -0.2) is 52.4 Å². The number of benzene rings is 1. The summed E-state index contributed by atoms with van der Waals surface area (Å²) in [5.74, 6) is -1.04. The Morgan fingerprint density at radius 2 is 1.94 bits per heavy atom. The van der Waals surface area contributed by atoms with Gasteiger partial charge in [-0.1, -0.05) is 37.4 Å². The lowest BCUT2D eigenvalue weighted by Crippen LogP contribution is -2.52. The number of Topliss-reactive ketones (excluding diaryl/α,β-unsaturated/α-hetero) is 1. The number of ketones is 1. The molecule has 1 aromatic carbocycles. The van der Waals surface area contributed by atoms with E-state index in [0.717, 1.165) is 36.4 Å². The molecule has 2 aliphatic rings. The second-order valence-electron chi connectivity index (χ2n) is 9.00. The first kappa shape index (κ1) is 25.4. The van der Waals surface area contributed by atoms with Crippen molar-refractivity contribution in [3.8, 4) is 5.75 Å². The van der Waals surface area contributed by atoms with E-state index in [9.17, 15) is 23.4 Å². The number of halogens is 1. The zero-order chi connectivity index (χ0) is 25.4. The Morgan fingerprint density at radius 3 is 2.57 bits per heavy atom. The van der Waals surface area contributed by atoms with E-state index in [1.54, 1.807) is 24.4 Å². The number of sulfonamides is 1. The molecule has 9 nitrogen and oxygen atoms in total. The minimum atomic E-state index is -4.21. The number of nitrogens with one attached hydrogen (secondary N) is 2. The Bertz CT molecular complexity index is 1260. The van der Waals surface area contributed by atoms with Crippen molar-refractivity contribution in [3.63, 3.8) is 0 Å². The molecule has 2 aromatic rings. The number of aliphatic hydroxyl groups is 1. The van der Waals surface area contributed by atoms with Crippen LogP contribution < -0.4 is 10.6 Å². The number of aromatic nitrogens is 1. The molecule has 4 N–H and O–H groups in total. The van der Waals surface area contributed by atoms with Crippen molar-refractivity contribution in [3.05, 3.63) is 58.6 Å². The van der Waals surface area contributed by atoms with Gasteiger partial charge in [0.05, 0.1) is 28.6 Å². The number of anilines is 1. The maximum absolute atomic E-state index is 13.3. The molecule has 0 amide bonds. The van der Waals surface area contributed by atoms with E-state index in [-0.39, 0.29) is 34.2 Å². The molecule has 0 aliphatic heterocycles. The highest BCUT2D eigenvalue weighted by atomic mass is 35.5. The van der Waals surface area contributed by atoms with E-state index >= 15 is 0 Å². The fourth-order valence-corrected chi connectivity index (χ4v) is 6.33. The second-order valence-corrected chi connectivity index (χ2v) is 11.4. The first-order valence-corrected chi connectivity index (χ1v) is 13.3. The Kier molecular flexibility index (Phi) is 7.10. The van der Waals surface area contributed by atoms with Crippen molar-refractivity contribution in [1.29, 1.82) is 0 Å². The van der Waals surface area contributed by atoms with Crippen LogP contribution in [0.3, 0.4) is 0 Å². The van der Waals surface area contributed by atoms with Gasteiger partial charge >= 0.3 is 0 Å². The summed E-state index contributed by atoms with van der Waals surface area (Å²) in [5.41, 5.74) is 0.766. The van der Waals surface area contributed by atoms with Gasteiger partial charge in [0.15, 0.2) is 11.9 Å². The summed E-state index contributed by atoms with van der Waals surface area (Å²) in [5, 5.41) is 27.3. The molecule has 0 spiro atoms. The Hall–Kier alpha value is -2.66. The Balaban J connectivity index is 1.64. The molecule has 1 atom stereocenters. The fourth-order valence-electron chi connectivity index (χ4n) is 4.60. The van der Waals surface area contributed by atoms with Gasteiger partial charge in [-0.05, 0) is 43.5 Å². The van der Waals surface area contributed by atoms with Crippen molar-refractivity contribution in [2.45, 2.75) is 62.1 Å². The highest BCUT2D eigenvalue weighted by Crippen LogP contribution is 2.41. The molecule has 4 rings (SSSR count). The highest BCUT2D eigenvalue weighted by molar-refractivity contribution is 7.89. The van der Waals surface area contributed by atoms with Crippen LogP contribution in [0.25, 0.3) is 0 Å². The van der Waals surface area contributed by atoms with Gasteiger partial charge in [-0.25, -0.2) is 8.42 Å². The summed E-state index contributed by atoms with van der Waals surface area (Å²) in [4.78, 5) is 16.1. The lowest BCUT2D eigenvalue weighted by molar-refractivity contribution is -0.125. The van der Waals surface area contributed by atoms with E-state index in [1.807, 2.05) is 0 Å². The number of rotatable bonds is 9. The number of nitrogens with zero attached hydrogens (tertiary/aromatic N) is 2. The number of hydrogen-bond acceptors (Lipinski definition) is 8. The number of hydrogen-bond donors (Lipinski definition) is 4. The maximum atomic E-state index is 13.3. The van der Waals surface area contributed by atoms with Crippen LogP contribution in [0, 0.1) is 0 Å². The number of carbonyl (C=O) groups excluding carboxylic acids is 1. The zero-order valence-corrected chi connectivity index (χ0v) is 21.2. The number of pyridine rings is 1. The molecule has 11 heteroatoms. The average Bonchev–Trinajstić information content (AvgIpc) is 3.32. The third-order valence-electron chi connectivity index (χ3n) is 6.80. The minimum absolute atomic E-state index is 0.0111. The first-order chi connectivity index (χ1) is 16.6. The van der Waals surface area contributed by atoms with Crippen LogP contribution in [0.15, 0.2) is 52.8 Å². The number of phenols is 1. The Labute approximate surface area is 209 Å². The molecule has 0 radical (unpaired) electrons. The average molecular weight is 521 g/mol. The van der Waals surface area contributed by atoms with Crippen LogP contribution in [0.5, 0.6) is 5.75 Å². The molecule has 1 aromatic heterocycles. The molecule has 0 saturated heterocycles. The standard InChI is InChI=1S/C24H29ClN4O5S/c1-3-24(11-5-6-12-24)28-19-18(21(31)22(19)32)27-17-10-9-16(25)23(20(17)30)35(33,34)29(2)14-15-8-4-7-13-26-15/h4,7-10,13,21,27-28,30-31H,3,5-6,11-12,14H2,1-2H3. The van der Waals surface area contributed by atoms with Crippen molar-refractivity contribution in [2.24, 2.45) is 0 Å². The summed E-state index contributed by atoms with van der Waals surface area (Å²) < 4.78 is 27.6. The highest BCUT2D eigenvalue weighted by Gasteiger charge is 2.43. The van der Waals surface area contributed by atoms with Crippen molar-refractivity contribution >= 4 is 33.1 Å². The number of carbonyl (C=O) groups is 1. The second kappa shape index (κ2) is 9.77. The summed E-state index contributed by atoms with van der Waals surface area (Å²) >= 11 is 6.21. The van der Waals surface area contributed by atoms with E-state index in [4.69, 9.17) is 11.6 Å². The number of phenolic OH excluding ortho intramolecular Hbond substituents is 1. The van der Waals surface area contributed by atoms with E-state index in [0.29, 0.717) is 5.69 Å². The van der Waals surface area contributed by atoms with Gasteiger partial charge in [0.1, 0.15) is 10.6 Å². The third-order valence-corrected chi connectivity index (χ3v) is 9.10. The quantitative estimate of drug-likeness (QED) is 0.371. The summed E-state index contributed by atoms with van der Waals surface area (Å²) in [6, 6.07) is 7.91. The molecule has 2 aliphatic carbocycles. The minimum Gasteiger partial charge on any atom is -0.504 e. The lowest BCUT2D eigenvalue weighted by atomic mass is 9.88.